The molecule has 0 radical (unpaired) electrons. The van der Waals surface area contributed by atoms with Crippen LogP contribution in [0.1, 0.15) is 0 Å². The molecule has 0 aliphatic rings. The Hall–Kier alpha value is -2.21. The zero-order chi connectivity index (χ0) is 14.0. The van der Waals surface area contributed by atoms with E-state index in [9.17, 15) is 18.9 Å². The number of nitrogens with zero attached hydrogens (tertiary/aromatic N) is 1. The summed E-state index contributed by atoms with van der Waals surface area (Å²) in [5.74, 6) is -2.39. The smallest absolute Gasteiger partial charge is 0.291 e. The van der Waals surface area contributed by atoms with E-state index in [0.29, 0.717) is 0 Å². The Bertz CT molecular complexity index is 649. The van der Waals surface area contributed by atoms with Crippen molar-refractivity contribution in [3.8, 4) is 11.5 Å². The summed E-state index contributed by atoms with van der Waals surface area (Å²) in [6.45, 7) is 0. The first kappa shape index (κ1) is 13.2. The number of para-hydroxylation sites is 1. The van der Waals surface area contributed by atoms with E-state index in [4.69, 9.17) is 16.3 Å². The van der Waals surface area contributed by atoms with Gasteiger partial charge in [-0.3, -0.25) is 10.1 Å². The Labute approximate surface area is 111 Å². The van der Waals surface area contributed by atoms with Gasteiger partial charge in [0.1, 0.15) is 0 Å². The van der Waals surface area contributed by atoms with E-state index >= 15 is 0 Å². The van der Waals surface area contributed by atoms with E-state index in [1.807, 2.05) is 0 Å². The lowest BCUT2D eigenvalue weighted by atomic mass is 10.3. The summed E-state index contributed by atoms with van der Waals surface area (Å²) in [5.41, 5.74) is -0.583. The molecule has 0 saturated carbocycles. The number of hydrogen-bond donors (Lipinski definition) is 0. The first-order valence-corrected chi connectivity index (χ1v) is 5.43. The maximum Gasteiger partial charge on any atom is 0.291 e. The van der Waals surface area contributed by atoms with E-state index in [1.54, 1.807) is 0 Å². The van der Waals surface area contributed by atoms with Gasteiger partial charge in [-0.25, -0.2) is 8.78 Å². The van der Waals surface area contributed by atoms with Crippen molar-refractivity contribution in [2.75, 3.05) is 0 Å². The second kappa shape index (κ2) is 5.19. The summed E-state index contributed by atoms with van der Waals surface area (Å²) in [7, 11) is 0. The molecular weight excluding hydrogens is 280 g/mol. The number of benzene rings is 2. The van der Waals surface area contributed by atoms with Gasteiger partial charge in [0.05, 0.1) is 4.92 Å². The molecule has 98 valence electrons. The second-order valence-electron chi connectivity index (χ2n) is 3.50. The predicted molar refractivity (Wildman–Crippen MR) is 64.5 cm³/mol. The Morgan fingerprint density at radius 2 is 1.79 bits per heavy atom. The summed E-state index contributed by atoms with van der Waals surface area (Å²) in [6, 6.07) is 7.39. The molecule has 0 heterocycles. The average molecular weight is 286 g/mol. The van der Waals surface area contributed by atoms with Crippen LogP contribution in [0.25, 0.3) is 0 Å². The second-order valence-corrected chi connectivity index (χ2v) is 3.88. The highest BCUT2D eigenvalue weighted by atomic mass is 35.5. The molecule has 0 bridgehead atoms. The maximum absolute atomic E-state index is 13.8. The van der Waals surface area contributed by atoms with Crippen molar-refractivity contribution in [3.05, 3.63) is 63.2 Å². The SMILES string of the molecule is O=[N+]([O-])c1ccc(Oc2ccccc2F)c(F)c1Cl. The fourth-order valence-electron chi connectivity index (χ4n) is 1.39. The van der Waals surface area contributed by atoms with Gasteiger partial charge in [-0.2, -0.15) is 0 Å². The van der Waals surface area contributed by atoms with Gasteiger partial charge in [0.2, 0.25) is 0 Å². The molecule has 2 aromatic rings. The van der Waals surface area contributed by atoms with Crippen LogP contribution in [0.2, 0.25) is 5.02 Å². The number of ether oxygens (including phenoxy) is 1. The molecule has 2 rings (SSSR count). The largest absolute Gasteiger partial charge is 0.451 e. The molecule has 0 fully saturated rings. The van der Waals surface area contributed by atoms with Crippen molar-refractivity contribution in [2.24, 2.45) is 0 Å². The Kier molecular flexibility index (Phi) is 3.62. The number of hydrogen-bond acceptors (Lipinski definition) is 3. The summed E-state index contributed by atoms with van der Waals surface area (Å²) < 4.78 is 32.1. The average Bonchev–Trinajstić information content (AvgIpc) is 2.37. The van der Waals surface area contributed by atoms with Crippen LogP contribution < -0.4 is 4.74 Å². The van der Waals surface area contributed by atoms with Gasteiger partial charge in [-0.15, -0.1) is 0 Å². The minimum Gasteiger partial charge on any atom is -0.451 e. The van der Waals surface area contributed by atoms with Gasteiger partial charge >= 0.3 is 0 Å². The molecule has 0 spiro atoms. The molecular formula is C12H6ClF2NO3. The molecule has 19 heavy (non-hydrogen) atoms. The first-order valence-electron chi connectivity index (χ1n) is 5.05. The van der Waals surface area contributed by atoms with E-state index in [0.717, 1.165) is 18.2 Å². The van der Waals surface area contributed by atoms with E-state index in [2.05, 4.69) is 0 Å². The first-order chi connectivity index (χ1) is 9.00. The molecule has 0 unspecified atom stereocenters. The number of rotatable bonds is 3. The van der Waals surface area contributed by atoms with Gasteiger partial charge < -0.3 is 4.74 Å². The third-order valence-corrected chi connectivity index (χ3v) is 2.64. The summed E-state index contributed by atoms with van der Waals surface area (Å²) in [6.07, 6.45) is 0. The maximum atomic E-state index is 13.8. The summed E-state index contributed by atoms with van der Waals surface area (Å²) in [4.78, 5) is 9.73. The predicted octanol–water partition coefficient (Wildman–Crippen LogP) is 4.32. The molecule has 7 heteroatoms. The lowest BCUT2D eigenvalue weighted by Crippen LogP contribution is -1.95. The Balaban J connectivity index is 2.40. The number of nitro groups is 1. The molecule has 0 aliphatic carbocycles. The minimum absolute atomic E-state index is 0.202. The molecule has 0 N–H and O–H groups in total. The molecule has 0 aromatic heterocycles. The fourth-order valence-corrected chi connectivity index (χ4v) is 1.61. The van der Waals surface area contributed by atoms with Crippen LogP contribution in [0.15, 0.2) is 36.4 Å². The van der Waals surface area contributed by atoms with Crippen molar-refractivity contribution in [1.82, 2.24) is 0 Å². The molecule has 0 saturated heterocycles. The highest BCUT2D eigenvalue weighted by molar-refractivity contribution is 6.32. The van der Waals surface area contributed by atoms with Crippen LogP contribution in [-0.2, 0) is 0 Å². The summed E-state index contributed by atoms with van der Waals surface area (Å²) in [5, 5.41) is 9.87. The minimum atomic E-state index is -1.11. The van der Waals surface area contributed by atoms with Gasteiger partial charge in [0.25, 0.3) is 5.69 Å². The zero-order valence-corrected chi connectivity index (χ0v) is 10.0. The topological polar surface area (TPSA) is 52.4 Å². The highest BCUT2D eigenvalue weighted by Crippen LogP contribution is 2.35. The zero-order valence-electron chi connectivity index (χ0n) is 9.27. The molecule has 2 aromatic carbocycles. The van der Waals surface area contributed by atoms with Crippen molar-refractivity contribution < 1.29 is 18.4 Å². The number of nitro benzene ring substituents is 1. The molecule has 0 atom stereocenters. The molecule has 0 aliphatic heterocycles. The van der Waals surface area contributed by atoms with E-state index in [1.165, 1.54) is 18.2 Å². The van der Waals surface area contributed by atoms with Crippen molar-refractivity contribution in [2.45, 2.75) is 0 Å². The standard InChI is InChI=1S/C12H6ClF2NO3/c13-11-8(16(17)18)5-6-10(12(11)15)19-9-4-2-1-3-7(9)14/h1-6H. The van der Waals surface area contributed by atoms with Gasteiger partial charge in [-0.1, -0.05) is 23.7 Å². The molecule has 0 amide bonds. The van der Waals surface area contributed by atoms with E-state index < -0.39 is 27.3 Å². The third-order valence-electron chi connectivity index (χ3n) is 2.28. The lowest BCUT2D eigenvalue weighted by Gasteiger charge is -2.08. The van der Waals surface area contributed by atoms with Crippen LogP contribution in [0.5, 0.6) is 11.5 Å². The van der Waals surface area contributed by atoms with Crippen molar-refractivity contribution in [3.63, 3.8) is 0 Å². The van der Waals surface area contributed by atoms with Gasteiger partial charge in [0.15, 0.2) is 28.2 Å². The van der Waals surface area contributed by atoms with Crippen LogP contribution in [0, 0.1) is 21.7 Å². The Morgan fingerprint density at radius 1 is 1.11 bits per heavy atom. The van der Waals surface area contributed by atoms with Crippen molar-refractivity contribution in [1.29, 1.82) is 0 Å². The van der Waals surface area contributed by atoms with Crippen LogP contribution in [0.3, 0.4) is 0 Å². The summed E-state index contributed by atoms with van der Waals surface area (Å²) >= 11 is 5.51. The van der Waals surface area contributed by atoms with Crippen LogP contribution in [-0.4, -0.2) is 4.92 Å². The van der Waals surface area contributed by atoms with Gasteiger partial charge in [-0.05, 0) is 18.2 Å². The number of halogens is 3. The normalized spacial score (nSPS) is 10.3. The van der Waals surface area contributed by atoms with Gasteiger partial charge in [0, 0.05) is 6.07 Å². The van der Waals surface area contributed by atoms with Crippen molar-refractivity contribution >= 4 is 17.3 Å². The quantitative estimate of drug-likeness (QED) is 0.623. The lowest BCUT2D eigenvalue weighted by molar-refractivity contribution is -0.384. The monoisotopic (exact) mass is 285 g/mol. The third kappa shape index (κ3) is 2.63. The fraction of sp³-hybridized carbons (Fsp3) is 0. The Morgan fingerprint density at radius 3 is 2.42 bits per heavy atom. The van der Waals surface area contributed by atoms with Crippen LogP contribution in [0.4, 0.5) is 14.5 Å². The van der Waals surface area contributed by atoms with E-state index in [-0.39, 0.29) is 11.5 Å². The molecule has 4 nitrogen and oxygen atoms in total. The van der Waals surface area contributed by atoms with Crippen LogP contribution >= 0.6 is 11.6 Å². The highest BCUT2D eigenvalue weighted by Gasteiger charge is 2.21.